The number of nitrogens with zero attached hydrogens (tertiary/aromatic N) is 3. The van der Waals surface area contributed by atoms with E-state index in [9.17, 15) is 28.7 Å². The fourth-order valence-electron chi connectivity index (χ4n) is 2.38. The first-order valence-electron chi connectivity index (χ1n) is 8.11. The van der Waals surface area contributed by atoms with Gasteiger partial charge in [0.25, 0.3) is 5.56 Å². The van der Waals surface area contributed by atoms with Gasteiger partial charge in [-0.1, -0.05) is 0 Å². The first-order valence-corrected chi connectivity index (χ1v) is 8.11. The SMILES string of the molecule is C/C(C(=O)c1nn(C)c(=O)n(-c2ccc(F)cc2)c1=O)=C(/O)CCCC=O. The summed E-state index contributed by atoms with van der Waals surface area (Å²) in [5, 5.41) is 13.7. The number of carbonyl (C=O) groups is 2. The highest BCUT2D eigenvalue weighted by Crippen LogP contribution is 2.12. The summed E-state index contributed by atoms with van der Waals surface area (Å²) in [6, 6.07) is 4.61. The Hall–Kier alpha value is -3.36. The minimum atomic E-state index is -0.977. The van der Waals surface area contributed by atoms with Crippen molar-refractivity contribution in [2.24, 2.45) is 7.05 Å². The van der Waals surface area contributed by atoms with Crippen molar-refractivity contribution in [2.45, 2.75) is 26.2 Å². The monoisotopic (exact) mass is 375 g/mol. The zero-order chi connectivity index (χ0) is 20.1. The molecule has 0 unspecified atom stereocenters. The van der Waals surface area contributed by atoms with Gasteiger partial charge in [-0.15, -0.1) is 0 Å². The smallest absolute Gasteiger partial charge is 0.351 e. The number of halogens is 1. The summed E-state index contributed by atoms with van der Waals surface area (Å²) in [6.45, 7) is 1.33. The Labute approximate surface area is 153 Å². The van der Waals surface area contributed by atoms with E-state index in [4.69, 9.17) is 0 Å². The topological polar surface area (TPSA) is 111 Å². The molecule has 2 rings (SSSR count). The van der Waals surface area contributed by atoms with Crippen LogP contribution in [0.4, 0.5) is 4.39 Å². The van der Waals surface area contributed by atoms with Gasteiger partial charge in [0.15, 0.2) is 5.69 Å². The highest BCUT2D eigenvalue weighted by atomic mass is 19.1. The second-order valence-electron chi connectivity index (χ2n) is 5.83. The van der Waals surface area contributed by atoms with Gasteiger partial charge in [0.2, 0.25) is 5.78 Å². The number of ketones is 1. The fourth-order valence-corrected chi connectivity index (χ4v) is 2.38. The van der Waals surface area contributed by atoms with Crippen molar-refractivity contribution >= 4 is 12.1 Å². The number of aliphatic hydroxyl groups is 1. The van der Waals surface area contributed by atoms with E-state index >= 15 is 0 Å². The maximum Gasteiger partial charge on any atom is 0.351 e. The van der Waals surface area contributed by atoms with Gasteiger partial charge in [-0.05, 0) is 37.6 Å². The quantitative estimate of drug-likeness (QED) is 0.258. The lowest BCUT2D eigenvalue weighted by Gasteiger charge is -2.10. The maximum absolute atomic E-state index is 13.1. The van der Waals surface area contributed by atoms with Crippen LogP contribution in [-0.4, -0.2) is 31.5 Å². The van der Waals surface area contributed by atoms with E-state index in [1.165, 1.54) is 26.1 Å². The van der Waals surface area contributed by atoms with Gasteiger partial charge in [-0.2, -0.15) is 5.10 Å². The van der Waals surface area contributed by atoms with Crippen molar-refractivity contribution in [2.75, 3.05) is 0 Å². The van der Waals surface area contributed by atoms with Crippen LogP contribution in [0.1, 0.15) is 36.7 Å². The Bertz CT molecular complexity index is 1020. The van der Waals surface area contributed by atoms with Crippen molar-refractivity contribution in [3.63, 3.8) is 0 Å². The van der Waals surface area contributed by atoms with Crippen molar-refractivity contribution in [3.05, 3.63) is 67.9 Å². The Balaban J connectivity index is 2.55. The predicted octanol–water partition coefficient (Wildman–Crippen LogP) is 1.45. The van der Waals surface area contributed by atoms with Crippen molar-refractivity contribution in [3.8, 4) is 5.69 Å². The summed E-state index contributed by atoms with van der Waals surface area (Å²) in [6.07, 6.45) is 1.36. The van der Waals surface area contributed by atoms with Crippen LogP contribution < -0.4 is 11.2 Å². The Morgan fingerprint density at radius 2 is 1.89 bits per heavy atom. The third-order valence-corrected chi connectivity index (χ3v) is 3.93. The van der Waals surface area contributed by atoms with Gasteiger partial charge in [0, 0.05) is 25.5 Å². The molecule has 1 aromatic heterocycles. The number of hydrogen-bond acceptors (Lipinski definition) is 6. The second kappa shape index (κ2) is 8.35. The molecule has 0 amide bonds. The number of benzene rings is 1. The summed E-state index contributed by atoms with van der Waals surface area (Å²) in [5.74, 6) is -1.65. The van der Waals surface area contributed by atoms with Crippen LogP contribution >= 0.6 is 0 Å². The molecule has 0 fully saturated rings. The highest BCUT2D eigenvalue weighted by molar-refractivity contribution is 6.06. The molecule has 0 saturated heterocycles. The van der Waals surface area contributed by atoms with Gasteiger partial charge in [0.05, 0.1) is 11.4 Å². The molecule has 2 aromatic rings. The van der Waals surface area contributed by atoms with Crippen LogP contribution in [0.25, 0.3) is 5.69 Å². The average Bonchev–Trinajstić information content (AvgIpc) is 2.65. The fraction of sp³-hybridized carbons (Fsp3) is 0.278. The number of allylic oxidation sites excluding steroid dienone is 2. The van der Waals surface area contributed by atoms with Crippen molar-refractivity contribution in [1.82, 2.24) is 14.3 Å². The van der Waals surface area contributed by atoms with E-state index < -0.39 is 28.5 Å². The molecule has 1 aromatic carbocycles. The molecule has 0 bridgehead atoms. The van der Waals surface area contributed by atoms with E-state index in [1.54, 1.807) is 0 Å². The van der Waals surface area contributed by atoms with Gasteiger partial charge in [-0.25, -0.2) is 18.4 Å². The average molecular weight is 375 g/mol. The zero-order valence-electron chi connectivity index (χ0n) is 14.8. The van der Waals surface area contributed by atoms with Gasteiger partial charge in [-0.3, -0.25) is 9.59 Å². The molecule has 142 valence electrons. The number of aromatic nitrogens is 3. The van der Waals surface area contributed by atoms with Gasteiger partial charge < -0.3 is 9.90 Å². The summed E-state index contributed by atoms with van der Waals surface area (Å²) < 4.78 is 14.6. The lowest BCUT2D eigenvalue weighted by molar-refractivity contribution is -0.107. The first-order chi connectivity index (χ1) is 12.8. The van der Waals surface area contributed by atoms with E-state index in [2.05, 4.69) is 5.10 Å². The van der Waals surface area contributed by atoms with Crippen molar-refractivity contribution < 1.29 is 19.1 Å². The molecular weight excluding hydrogens is 357 g/mol. The Morgan fingerprint density at radius 3 is 2.48 bits per heavy atom. The molecule has 1 N–H and O–H groups in total. The van der Waals surface area contributed by atoms with Gasteiger partial charge >= 0.3 is 5.69 Å². The third kappa shape index (κ3) is 4.25. The standard InChI is InChI=1S/C18H18FN3O5/c1-11(14(24)5-3-4-10-23)16(25)15-17(26)22(18(27)21(2)20-15)13-8-6-12(19)7-9-13/h6-10,24H,3-5H2,1-2H3/b14-11-. The molecule has 0 atom stereocenters. The number of carbonyl (C=O) groups excluding carboxylic acids is 2. The van der Waals surface area contributed by atoms with Crippen LogP contribution in [0, 0.1) is 5.82 Å². The van der Waals surface area contributed by atoms with E-state index in [1.807, 2.05) is 0 Å². The molecular formula is C18H18FN3O5. The molecule has 27 heavy (non-hydrogen) atoms. The number of aliphatic hydroxyl groups excluding tert-OH is 1. The molecule has 1 heterocycles. The highest BCUT2D eigenvalue weighted by Gasteiger charge is 2.22. The first kappa shape index (κ1) is 20.0. The third-order valence-electron chi connectivity index (χ3n) is 3.93. The predicted molar refractivity (Wildman–Crippen MR) is 94.6 cm³/mol. The van der Waals surface area contributed by atoms with E-state index in [0.29, 0.717) is 17.3 Å². The van der Waals surface area contributed by atoms with Crippen LogP contribution in [-0.2, 0) is 11.8 Å². The number of aldehydes is 1. The molecule has 9 heteroatoms. The van der Waals surface area contributed by atoms with Crippen LogP contribution in [0.2, 0.25) is 0 Å². The normalized spacial score (nSPS) is 11.8. The van der Waals surface area contributed by atoms with Crippen LogP contribution in [0.3, 0.4) is 0 Å². The number of rotatable bonds is 7. The van der Waals surface area contributed by atoms with E-state index in [-0.39, 0.29) is 29.9 Å². The molecule has 0 aliphatic rings. The Kier molecular flexibility index (Phi) is 6.17. The number of hydrogen-bond donors (Lipinski definition) is 1. The molecule has 0 aliphatic heterocycles. The van der Waals surface area contributed by atoms with Crippen LogP contribution in [0.5, 0.6) is 0 Å². The number of unbranched alkanes of at least 4 members (excludes halogenated alkanes) is 1. The summed E-state index contributed by atoms with van der Waals surface area (Å²) in [4.78, 5) is 47.9. The lowest BCUT2D eigenvalue weighted by Crippen LogP contribution is -2.42. The summed E-state index contributed by atoms with van der Waals surface area (Å²) >= 11 is 0. The summed E-state index contributed by atoms with van der Waals surface area (Å²) in [5.41, 5.74) is -2.36. The Morgan fingerprint density at radius 1 is 1.26 bits per heavy atom. The summed E-state index contributed by atoms with van der Waals surface area (Å²) in [7, 11) is 1.27. The lowest BCUT2D eigenvalue weighted by atomic mass is 10.1. The molecule has 8 nitrogen and oxygen atoms in total. The molecule has 0 radical (unpaired) electrons. The number of Topliss-reactive ketones (excluding diaryl/α,β-unsaturated/α-hetero) is 1. The minimum absolute atomic E-state index is 0.0790. The number of aryl methyl sites for hydroxylation is 1. The molecule has 0 spiro atoms. The largest absolute Gasteiger partial charge is 0.512 e. The van der Waals surface area contributed by atoms with Crippen molar-refractivity contribution in [1.29, 1.82) is 0 Å². The molecule has 0 aliphatic carbocycles. The second-order valence-corrected chi connectivity index (χ2v) is 5.83. The van der Waals surface area contributed by atoms with Crippen LogP contribution in [0.15, 0.2) is 45.2 Å². The van der Waals surface area contributed by atoms with E-state index in [0.717, 1.165) is 16.8 Å². The minimum Gasteiger partial charge on any atom is -0.512 e. The molecule has 0 saturated carbocycles. The zero-order valence-corrected chi connectivity index (χ0v) is 14.8. The van der Waals surface area contributed by atoms with Gasteiger partial charge in [0.1, 0.15) is 12.1 Å². The maximum atomic E-state index is 13.1.